The molecule has 2 rings (SSSR count). The van der Waals surface area contributed by atoms with Crippen LogP contribution in [0.1, 0.15) is 5.56 Å². The first-order valence-electron chi connectivity index (χ1n) is 5.08. The molecule has 0 fully saturated rings. The normalized spacial score (nSPS) is 18.1. The maximum Gasteiger partial charge on any atom is 0.258 e. The number of nitrogens with one attached hydrogen (secondary N) is 2. The number of hydrazone groups is 2. The van der Waals surface area contributed by atoms with E-state index in [-0.39, 0.29) is 0 Å². The highest BCUT2D eigenvalue weighted by Gasteiger charge is 2.28. The van der Waals surface area contributed by atoms with Crippen molar-refractivity contribution in [1.29, 1.82) is 0 Å². The highest BCUT2D eigenvalue weighted by atomic mass is 79.9. The van der Waals surface area contributed by atoms with Crippen LogP contribution in [0.2, 0.25) is 0 Å². The second kappa shape index (κ2) is 5.54. The SMILES string of the molecule is O=C1NN=C[C@H]1C(=O)N/N=C\c1cccc(Br)c1. The molecule has 2 amide bonds. The molecule has 1 aromatic rings. The van der Waals surface area contributed by atoms with Crippen LogP contribution in [0.4, 0.5) is 0 Å². The topological polar surface area (TPSA) is 82.9 Å². The molecule has 0 spiro atoms. The lowest BCUT2D eigenvalue weighted by molar-refractivity contribution is -0.131. The minimum atomic E-state index is -0.912. The van der Waals surface area contributed by atoms with Gasteiger partial charge >= 0.3 is 0 Å². The van der Waals surface area contributed by atoms with E-state index in [0.717, 1.165) is 10.0 Å². The van der Waals surface area contributed by atoms with Gasteiger partial charge in [0.15, 0.2) is 5.92 Å². The number of carbonyl (C=O) groups is 2. The van der Waals surface area contributed by atoms with Crippen LogP contribution in [0.25, 0.3) is 0 Å². The molecule has 92 valence electrons. The third-order valence-corrected chi connectivity index (χ3v) is 2.69. The number of nitrogens with zero attached hydrogens (tertiary/aromatic N) is 2. The molecule has 1 aliphatic rings. The van der Waals surface area contributed by atoms with Gasteiger partial charge in [-0.05, 0) is 17.7 Å². The fourth-order valence-corrected chi connectivity index (χ4v) is 1.74. The second-order valence-electron chi connectivity index (χ2n) is 3.52. The van der Waals surface area contributed by atoms with Gasteiger partial charge in [-0.15, -0.1) is 0 Å². The quantitative estimate of drug-likeness (QED) is 0.488. The fourth-order valence-electron chi connectivity index (χ4n) is 1.33. The average Bonchev–Trinajstić information content (AvgIpc) is 2.75. The molecule has 6 nitrogen and oxygen atoms in total. The van der Waals surface area contributed by atoms with E-state index in [9.17, 15) is 9.59 Å². The van der Waals surface area contributed by atoms with Gasteiger partial charge in [-0.2, -0.15) is 10.2 Å². The van der Waals surface area contributed by atoms with Crippen molar-refractivity contribution >= 4 is 40.2 Å². The summed E-state index contributed by atoms with van der Waals surface area (Å²) in [5.74, 6) is -1.88. The van der Waals surface area contributed by atoms with Crippen LogP contribution in [-0.4, -0.2) is 24.2 Å². The standard InChI is InChI=1S/C11H9BrN4O2/c12-8-3-1-2-7(4-8)5-13-15-10(17)9-6-14-16-11(9)18/h1-6,9H,(H,15,17)(H,16,18)/b13-5-/t9-/m0/s1. The minimum absolute atomic E-state index is 0.454. The van der Waals surface area contributed by atoms with Crippen molar-refractivity contribution in [3.05, 3.63) is 34.3 Å². The van der Waals surface area contributed by atoms with E-state index in [1.165, 1.54) is 12.4 Å². The third kappa shape index (κ3) is 3.01. The molecule has 18 heavy (non-hydrogen) atoms. The molecule has 1 aliphatic heterocycles. The fraction of sp³-hybridized carbons (Fsp3) is 0.0909. The van der Waals surface area contributed by atoms with Gasteiger partial charge in [0.1, 0.15) is 0 Å². The molecule has 1 aromatic carbocycles. The number of benzene rings is 1. The number of carbonyl (C=O) groups excluding carboxylic acids is 2. The Bertz CT molecular complexity index is 542. The van der Waals surface area contributed by atoms with Crippen LogP contribution in [0.3, 0.4) is 0 Å². The van der Waals surface area contributed by atoms with Crippen molar-refractivity contribution in [1.82, 2.24) is 10.9 Å². The predicted octanol–water partition coefficient (Wildman–Crippen LogP) is 0.631. The van der Waals surface area contributed by atoms with Crippen molar-refractivity contribution < 1.29 is 9.59 Å². The van der Waals surface area contributed by atoms with Gasteiger partial charge in [0, 0.05) is 10.7 Å². The van der Waals surface area contributed by atoms with Gasteiger partial charge in [0.2, 0.25) is 0 Å². The number of amides is 2. The molecular weight excluding hydrogens is 300 g/mol. The van der Waals surface area contributed by atoms with Crippen LogP contribution in [0.15, 0.2) is 38.9 Å². The Balaban J connectivity index is 1.93. The van der Waals surface area contributed by atoms with E-state index in [2.05, 4.69) is 37.0 Å². The van der Waals surface area contributed by atoms with E-state index in [1.807, 2.05) is 24.3 Å². The number of hydrogen-bond donors (Lipinski definition) is 2. The molecule has 0 saturated heterocycles. The van der Waals surface area contributed by atoms with Crippen molar-refractivity contribution in [3.63, 3.8) is 0 Å². The van der Waals surface area contributed by atoms with E-state index in [1.54, 1.807) is 0 Å². The van der Waals surface area contributed by atoms with Crippen molar-refractivity contribution in [2.45, 2.75) is 0 Å². The Labute approximate surface area is 111 Å². The molecule has 2 N–H and O–H groups in total. The second-order valence-corrected chi connectivity index (χ2v) is 4.44. The molecule has 0 unspecified atom stereocenters. The summed E-state index contributed by atoms with van der Waals surface area (Å²) >= 11 is 3.33. The van der Waals surface area contributed by atoms with E-state index < -0.39 is 17.7 Å². The summed E-state index contributed by atoms with van der Waals surface area (Å²) < 4.78 is 0.917. The summed E-state index contributed by atoms with van der Waals surface area (Å²) in [7, 11) is 0. The lowest BCUT2D eigenvalue weighted by Crippen LogP contribution is -2.34. The van der Waals surface area contributed by atoms with Gasteiger partial charge in [0.25, 0.3) is 11.8 Å². The monoisotopic (exact) mass is 308 g/mol. The average molecular weight is 309 g/mol. The lowest BCUT2D eigenvalue weighted by Gasteiger charge is -2.01. The Hall–Kier alpha value is -2.02. The molecule has 1 heterocycles. The van der Waals surface area contributed by atoms with E-state index in [0.29, 0.717) is 0 Å². The first-order valence-corrected chi connectivity index (χ1v) is 5.87. The molecule has 0 radical (unpaired) electrons. The Kier molecular flexibility index (Phi) is 3.83. The molecule has 1 atom stereocenters. The predicted molar refractivity (Wildman–Crippen MR) is 70.0 cm³/mol. The maximum atomic E-state index is 11.5. The molecule has 0 aromatic heterocycles. The first-order chi connectivity index (χ1) is 8.66. The van der Waals surface area contributed by atoms with Gasteiger partial charge in [0.05, 0.1) is 6.21 Å². The summed E-state index contributed by atoms with van der Waals surface area (Å²) in [6, 6.07) is 7.42. The largest absolute Gasteiger partial charge is 0.272 e. The van der Waals surface area contributed by atoms with Crippen molar-refractivity contribution in [3.8, 4) is 0 Å². The highest BCUT2D eigenvalue weighted by molar-refractivity contribution is 9.10. The minimum Gasteiger partial charge on any atom is -0.272 e. The summed E-state index contributed by atoms with van der Waals surface area (Å²) in [5.41, 5.74) is 5.29. The maximum absolute atomic E-state index is 11.5. The lowest BCUT2D eigenvalue weighted by atomic mass is 10.1. The van der Waals surface area contributed by atoms with Crippen LogP contribution in [-0.2, 0) is 9.59 Å². The number of halogens is 1. The van der Waals surface area contributed by atoms with Crippen molar-refractivity contribution in [2.24, 2.45) is 16.1 Å². The summed E-state index contributed by atoms with van der Waals surface area (Å²) in [5, 5.41) is 7.28. The highest BCUT2D eigenvalue weighted by Crippen LogP contribution is 2.09. The zero-order valence-corrected chi connectivity index (χ0v) is 10.7. The van der Waals surface area contributed by atoms with Crippen LogP contribution in [0, 0.1) is 5.92 Å². The Morgan fingerprint density at radius 2 is 2.39 bits per heavy atom. The summed E-state index contributed by atoms with van der Waals surface area (Å²) in [4.78, 5) is 22.7. The first kappa shape index (κ1) is 12.4. The van der Waals surface area contributed by atoms with E-state index >= 15 is 0 Å². The van der Waals surface area contributed by atoms with E-state index in [4.69, 9.17) is 0 Å². The summed E-state index contributed by atoms with van der Waals surface area (Å²) in [6.45, 7) is 0. The number of hydrogen-bond acceptors (Lipinski definition) is 4. The zero-order valence-electron chi connectivity index (χ0n) is 9.13. The molecular formula is C11H9BrN4O2. The smallest absolute Gasteiger partial charge is 0.258 e. The van der Waals surface area contributed by atoms with Crippen molar-refractivity contribution in [2.75, 3.05) is 0 Å². The van der Waals surface area contributed by atoms with Gasteiger partial charge in [-0.1, -0.05) is 28.1 Å². The zero-order chi connectivity index (χ0) is 13.0. The molecule has 0 saturated carbocycles. The van der Waals surface area contributed by atoms with Crippen LogP contribution < -0.4 is 10.9 Å². The molecule has 0 bridgehead atoms. The Morgan fingerprint density at radius 3 is 3.06 bits per heavy atom. The third-order valence-electron chi connectivity index (χ3n) is 2.20. The Morgan fingerprint density at radius 1 is 1.56 bits per heavy atom. The van der Waals surface area contributed by atoms with Gasteiger partial charge in [-0.3, -0.25) is 9.59 Å². The molecule has 7 heteroatoms. The van der Waals surface area contributed by atoms with Crippen LogP contribution >= 0.6 is 15.9 Å². The van der Waals surface area contributed by atoms with Gasteiger partial charge in [-0.25, -0.2) is 10.9 Å². The molecule has 0 aliphatic carbocycles. The summed E-state index contributed by atoms with van der Waals surface area (Å²) in [6.07, 6.45) is 2.74. The van der Waals surface area contributed by atoms with Crippen LogP contribution in [0.5, 0.6) is 0 Å². The van der Waals surface area contributed by atoms with Gasteiger partial charge < -0.3 is 0 Å². The number of rotatable bonds is 3.